The van der Waals surface area contributed by atoms with Crippen molar-refractivity contribution in [1.29, 1.82) is 0 Å². The smallest absolute Gasteiger partial charge is 0.321 e. The summed E-state index contributed by atoms with van der Waals surface area (Å²) in [7, 11) is -1.17. The van der Waals surface area contributed by atoms with E-state index in [9.17, 15) is 13.5 Å². The Morgan fingerprint density at radius 1 is 1.06 bits per heavy atom. The van der Waals surface area contributed by atoms with Crippen LogP contribution in [0.15, 0.2) is 61.3 Å². The molecule has 0 amide bonds. The lowest BCUT2D eigenvalue weighted by atomic mass is 10.2. The van der Waals surface area contributed by atoms with Crippen molar-refractivity contribution in [3.8, 4) is 17.6 Å². The molecule has 9 nitrogen and oxygen atoms in total. The minimum atomic E-state index is -3.92. The monoisotopic (exact) mass is 570 g/mol. The van der Waals surface area contributed by atoms with Crippen LogP contribution >= 0.6 is 31.9 Å². The Balaban J connectivity index is 1.81. The molecule has 0 fully saturated rings. The molecule has 0 saturated carbocycles. The molecule has 2 N–H and O–H groups in total. The van der Waals surface area contributed by atoms with E-state index in [0.29, 0.717) is 15.7 Å². The first-order valence-electron chi connectivity index (χ1n) is 8.54. The summed E-state index contributed by atoms with van der Waals surface area (Å²) in [6.45, 7) is 0. The van der Waals surface area contributed by atoms with Gasteiger partial charge >= 0.3 is 6.01 Å². The molecule has 3 aromatic rings. The lowest BCUT2D eigenvalue weighted by Crippen LogP contribution is -2.14. The quantitative estimate of drug-likeness (QED) is 0.406. The number of sulfonamides is 1. The summed E-state index contributed by atoms with van der Waals surface area (Å²) >= 11 is 6.61. The van der Waals surface area contributed by atoms with Crippen LogP contribution in [0.5, 0.6) is 17.6 Å². The SMILES string of the molecule is COc1cc(NS(=O)(=O)c2ccc(N=Cc3cc(Br)cc(Br)c3O)cc2)nc(OC)n1. The van der Waals surface area contributed by atoms with E-state index in [4.69, 9.17) is 9.47 Å². The van der Waals surface area contributed by atoms with Gasteiger partial charge in [-0.15, -0.1) is 0 Å². The van der Waals surface area contributed by atoms with Crippen molar-refractivity contribution in [2.45, 2.75) is 4.90 Å². The first kappa shape index (κ1) is 23.0. The minimum absolute atomic E-state index is 0.00139. The van der Waals surface area contributed by atoms with Gasteiger partial charge in [-0.2, -0.15) is 9.97 Å². The van der Waals surface area contributed by atoms with E-state index >= 15 is 0 Å². The number of nitrogens with zero attached hydrogens (tertiary/aromatic N) is 3. The Labute approximate surface area is 195 Å². The number of hydrogen-bond donors (Lipinski definition) is 2. The van der Waals surface area contributed by atoms with Gasteiger partial charge in [0.1, 0.15) is 5.75 Å². The number of hydrogen-bond acceptors (Lipinski definition) is 8. The van der Waals surface area contributed by atoms with Crippen molar-refractivity contribution in [3.05, 3.63) is 57.0 Å². The molecule has 1 heterocycles. The fourth-order valence-electron chi connectivity index (χ4n) is 2.39. The van der Waals surface area contributed by atoms with E-state index < -0.39 is 10.0 Å². The number of aromatic hydroxyl groups is 1. The van der Waals surface area contributed by atoms with Crippen LogP contribution in [0.25, 0.3) is 0 Å². The van der Waals surface area contributed by atoms with Gasteiger partial charge in [-0.3, -0.25) is 9.71 Å². The fourth-order valence-corrected chi connectivity index (χ4v) is 4.64. The van der Waals surface area contributed by atoms with E-state index in [2.05, 4.69) is 51.5 Å². The van der Waals surface area contributed by atoms with Crippen LogP contribution in [0.3, 0.4) is 0 Å². The molecule has 2 aromatic carbocycles. The normalized spacial score (nSPS) is 11.5. The van der Waals surface area contributed by atoms with Crippen LogP contribution in [0.1, 0.15) is 5.56 Å². The molecule has 12 heteroatoms. The van der Waals surface area contributed by atoms with Gasteiger partial charge in [0.15, 0.2) is 5.82 Å². The van der Waals surface area contributed by atoms with Crippen LogP contribution < -0.4 is 14.2 Å². The molecule has 0 aliphatic heterocycles. The molecular formula is C19H16Br2N4O5S. The number of aromatic nitrogens is 2. The summed E-state index contributed by atoms with van der Waals surface area (Å²) < 4.78 is 39.0. The highest BCUT2D eigenvalue weighted by atomic mass is 79.9. The molecule has 0 radical (unpaired) electrons. The Bertz CT molecular complexity index is 1210. The predicted octanol–water partition coefficient (Wildman–Crippen LogP) is 4.28. The number of aliphatic imine (C=N–C) groups is 1. The van der Waals surface area contributed by atoms with Gasteiger partial charge in [-0.25, -0.2) is 8.42 Å². The third-order valence-corrected chi connectivity index (χ3v) is 6.30. The molecule has 0 bridgehead atoms. The predicted molar refractivity (Wildman–Crippen MR) is 123 cm³/mol. The Morgan fingerprint density at radius 3 is 2.42 bits per heavy atom. The van der Waals surface area contributed by atoms with E-state index in [1.54, 1.807) is 12.1 Å². The van der Waals surface area contributed by atoms with Gasteiger partial charge in [0.2, 0.25) is 5.88 Å². The van der Waals surface area contributed by atoms with E-state index in [-0.39, 0.29) is 28.4 Å². The van der Waals surface area contributed by atoms with Gasteiger partial charge in [-0.05, 0) is 52.3 Å². The molecule has 0 aliphatic rings. The number of ether oxygens (including phenoxy) is 2. The number of benzene rings is 2. The average molecular weight is 572 g/mol. The highest BCUT2D eigenvalue weighted by Gasteiger charge is 2.17. The second-order valence-electron chi connectivity index (χ2n) is 5.97. The summed E-state index contributed by atoms with van der Waals surface area (Å²) in [4.78, 5) is 12.2. The molecule has 1 aromatic heterocycles. The number of methoxy groups -OCH3 is 2. The van der Waals surface area contributed by atoms with E-state index in [0.717, 1.165) is 4.47 Å². The van der Waals surface area contributed by atoms with Gasteiger partial charge in [0.25, 0.3) is 10.0 Å². The molecular weight excluding hydrogens is 556 g/mol. The third kappa shape index (κ3) is 5.71. The van der Waals surface area contributed by atoms with Gasteiger partial charge in [-0.1, -0.05) is 15.9 Å². The average Bonchev–Trinajstić information content (AvgIpc) is 2.74. The van der Waals surface area contributed by atoms with Crippen LogP contribution in [-0.4, -0.2) is 43.9 Å². The number of anilines is 1. The van der Waals surface area contributed by atoms with Crippen molar-refractivity contribution in [2.24, 2.45) is 4.99 Å². The number of phenolic OH excluding ortho intramolecular Hbond substituents is 1. The second kappa shape index (κ2) is 9.62. The molecule has 0 aliphatic carbocycles. The second-order valence-corrected chi connectivity index (χ2v) is 9.42. The van der Waals surface area contributed by atoms with Crippen LogP contribution in [0, 0.1) is 0 Å². The topological polar surface area (TPSA) is 123 Å². The van der Waals surface area contributed by atoms with E-state index in [1.165, 1.54) is 50.8 Å². The number of phenols is 1. The van der Waals surface area contributed by atoms with Gasteiger partial charge in [0.05, 0.1) is 29.3 Å². The fraction of sp³-hybridized carbons (Fsp3) is 0.105. The zero-order chi connectivity index (χ0) is 22.6. The third-order valence-electron chi connectivity index (χ3n) is 3.87. The first-order valence-corrected chi connectivity index (χ1v) is 11.6. The lowest BCUT2D eigenvalue weighted by molar-refractivity contribution is 0.353. The van der Waals surface area contributed by atoms with Gasteiger partial charge in [0, 0.05) is 22.3 Å². The minimum Gasteiger partial charge on any atom is -0.506 e. The maximum absolute atomic E-state index is 12.7. The highest BCUT2D eigenvalue weighted by molar-refractivity contribution is 9.11. The zero-order valence-electron chi connectivity index (χ0n) is 16.2. The zero-order valence-corrected chi connectivity index (χ0v) is 20.2. The van der Waals surface area contributed by atoms with E-state index in [1.807, 2.05) is 0 Å². The Morgan fingerprint density at radius 2 is 1.77 bits per heavy atom. The molecule has 0 unspecified atom stereocenters. The van der Waals surface area contributed by atoms with Crippen molar-refractivity contribution in [2.75, 3.05) is 18.9 Å². The number of halogens is 2. The molecule has 162 valence electrons. The number of nitrogens with one attached hydrogen (secondary N) is 1. The maximum atomic E-state index is 12.7. The van der Waals surface area contributed by atoms with Crippen molar-refractivity contribution in [3.63, 3.8) is 0 Å². The first-order chi connectivity index (χ1) is 14.7. The Hall–Kier alpha value is -2.70. The standard InChI is InChI=1S/C19H16Br2N4O5S/c1-29-17-9-16(23-19(24-17)30-2)25-31(27,28)14-5-3-13(4-6-14)22-10-11-7-12(20)8-15(21)18(11)26/h3-10,26H,1-2H3,(H,23,24,25). The molecule has 0 spiro atoms. The molecule has 31 heavy (non-hydrogen) atoms. The van der Waals surface area contributed by atoms with Crippen LogP contribution in [0.2, 0.25) is 0 Å². The van der Waals surface area contributed by atoms with Crippen LogP contribution in [0.4, 0.5) is 11.5 Å². The highest BCUT2D eigenvalue weighted by Crippen LogP contribution is 2.31. The summed E-state index contributed by atoms with van der Waals surface area (Å²) in [6.07, 6.45) is 1.48. The molecule has 0 saturated heterocycles. The Kier molecular flexibility index (Phi) is 7.13. The maximum Gasteiger partial charge on any atom is 0.321 e. The molecule has 3 rings (SSSR count). The van der Waals surface area contributed by atoms with Gasteiger partial charge < -0.3 is 14.6 Å². The van der Waals surface area contributed by atoms with Crippen molar-refractivity contribution in [1.82, 2.24) is 9.97 Å². The van der Waals surface area contributed by atoms with Crippen molar-refractivity contribution < 1.29 is 23.0 Å². The van der Waals surface area contributed by atoms with Crippen LogP contribution in [-0.2, 0) is 10.0 Å². The lowest BCUT2D eigenvalue weighted by Gasteiger charge is -2.09. The molecule has 0 atom stereocenters. The van der Waals surface area contributed by atoms with Crippen molar-refractivity contribution >= 4 is 59.6 Å². The summed E-state index contributed by atoms with van der Waals surface area (Å²) in [6, 6.07) is 10.6. The summed E-state index contributed by atoms with van der Waals surface area (Å²) in [5.41, 5.74) is 0.992. The number of rotatable bonds is 7. The largest absolute Gasteiger partial charge is 0.506 e. The summed E-state index contributed by atoms with van der Waals surface area (Å²) in [5, 5.41) is 10.1. The summed E-state index contributed by atoms with van der Waals surface area (Å²) in [5.74, 6) is 0.198.